The number of aromatic hydroxyl groups is 1. The summed E-state index contributed by atoms with van der Waals surface area (Å²) in [6, 6.07) is 3.48. The van der Waals surface area contributed by atoms with Gasteiger partial charge >= 0.3 is 0 Å². The number of ketones is 1. The maximum atomic E-state index is 13.1. The largest absolute Gasteiger partial charge is 0.511 e. The van der Waals surface area contributed by atoms with Crippen LogP contribution in [0.3, 0.4) is 0 Å². The summed E-state index contributed by atoms with van der Waals surface area (Å²) >= 11 is 0. The molecule has 0 saturated heterocycles. The molecule has 4 unspecified atom stereocenters. The van der Waals surface area contributed by atoms with Crippen LogP contribution in [0.5, 0.6) is 5.75 Å². The van der Waals surface area contributed by atoms with Gasteiger partial charge in [0, 0.05) is 11.8 Å². The van der Waals surface area contributed by atoms with E-state index in [-0.39, 0.29) is 23.4 Å². The molecule has 2 saturated carbocycles. The van der Waals surface area contributed by atoms with Gasteiger partial charge in [0.2, 0.25) is 0 Å². The number of aliphatic hydroxyl groups excluding tert-OH is 1. The minimum atomic E-state index is 0.00645. The van der Waals surface area contributed by atoms with Gasteiger partial charge in [-0.05, 0) is 72.8 Å². The Labute approximate surface area is 137 Å². The quantitative estimate of drug-likeness (QED) is 0.886. The normalized spacial score (nSPS) is 32.0. The minimum absolute atomic E-state index is 0.00645. The molecule has 23 heavy (non-hydrogen) atoms. The molecule has 3 nitrogen and oxygen atoms in total. The van der Waals surface area contributed by atoms with Gasteiger partial charge in [0.15, 0.2) is 5.78 Å². The topological polar surface area (TPSA) is 57.5 Å². The van der Waals surface area contributed by atoms with Crippen molar-refractivity contribution in [2.45, 2.75) is 46.0 Å². The van der Waals surface area contributed by atoms with Crippen LogP contribution in [-0.4, -0.2) is 16.0 Å². The molecule has 0 amide bonds. The van der Waals surface area contributed by atoms with Crippen LogP contribution in [0.15, 0.2) is 17.9 Å². The molecule has 3 heteroatoms. The highest BCUT2D eigenvalue weighted by atomic mass is 16.3. The van der Waals surface area contributed by atoms with Crippen LogP contribution in [0, 0.1) is 23.7 Å². The van der Waals surface area contributed by atoms with Crippen molar-refractivity contribution in [3.05, 3.63) is 34.6 Å². The second-order valence-corrected chi connectivity index (χ2v) is 7.36. The monoisotopic (exact) mass is 312 g/mol. The van der Waals surface area contributed by atoms with Crippen molar-refractivity contribution in [2.75, 3.05) is 0 Å². The van der Waals surface area contributed by atoms with E-state index in [1.165, 1.54) is 0 Å². The van der Waals surface area contributed by atoms with Crippen LogP contribution in [-0.2, 0) is 17.6 Å². The Morgan fingerprint density at radius 1 is 1.00 bits per heavy atom. The molecule has 2 bridgehead atoms. The number of carbonyl (C=O) groups is 1. The number of rotatable bonds is 3. The van der Waals surface area contributed by atoms with Crippen molar-refractivity contribution in [1.82, 2.24) is 0 Å². The van der Waals surface area contributed by atoms with E-state index in [1.807, 2.05) is 13.8 Å². The molecule has 3 aliphatic carbocycles. The fraction of sp³-hybridized carbons (Fsp3) is 0.550. The standard InChI is InChI=1S/C20H24O3/c1-3-10-8-14(21)9-11(4-2)15(10)18-19(22)16-12-5-6-13(7-12)17(16)20(18)23/h8-9,12-13,16-17,21-22H,3-7H2,1-2H3. The number of hydrogen-bond donors (Lipinski definition) is 2. The van der Waals surface area contributed by atoms with Gasteiger partial charge in [0.05, 0.1) is 5.57 Å². The Morgan fingerprint density at radius 3 is 2.09 bits per heavy atom. The molecule has 1 aromatic rings. The summed E-state index contributed by atoms with van der Waals surface area (Å²) in [6.07, 6.45) is 4.86. The Balaban J connectivity index is 1.90. The van der Waals surface area contributed by atoms with E-state index in [0.29, 0.717) is 23.2 Å². The van der Waals surface area contributed by atoms with E-state index in [2.05, 4.69) is 0 Å². The molecule has 0 aliphatic heterocycles. The lowest BCUT2D eigenvalue weighted by Crippen LogP contribution is -2.24. The number of aliphatic hydroxyl groups is 1. The third-order valence-corrected chi connectivity index (χ3v) is 6.34. The molecule has 0 heterocycles. The Hall–Kier alpha value is -1.77. The van der Waals surface area contributed by atoms with E-state index in [4.69, 9.17) is 0 Å². The highest BCUT2D eigenvalue weighted by Crippen LogP contribution is 2.60. The molecular formula is C20H24O3. The van der Waals surface area contributed by atoms with Gasteiger partial charge in [0.25, 0.3) is 0 Å². The van der Waals surface area contributed by atoms with E-state index in [9.17, 15) is 15.0 Å². The molecule has 4 atom stereocenters. The summed E-state index contributed by atoms with van der Waals surface area (Å²) in [5, 5.41) is 20.9. The smallest absolute Gasteiger partial charge is 0.170 e. The SMILES string of the molecule is CCc1cc(O)cc(CC)c1C1=C(O)C2C3CCC(C3)C2C1=O. The number of fused-ring (bicyclic) bond motifs is 5. The van der Waals surface area contributed by atoms with E-state index in [1.54, 1.807) is 12.1 Å². The fourth-order valence-electron chi connectivity index (χ4n) is 5.40. The maximum absolute atomic E-state index is 13.1. The molecule has 2 fully saturated rings. The third kappa shape index (κ3) is 1.92. The van der Waals surface area contributed by atoms with Crippen molar-refractivity contribution in [3.63, 3.8) is 0 Å². The summed E-state index contributed by atoms with van der Waals surface area (Å²) in [4.78, 5) is 13.1. The molecule has 0 aromatic heterocycles. The van der Waals surface area contributed by atoms with Gasteiger partial charge in [-0.2, -0.15) is 0 Å². The zero-order valence-corrected chi connectivity index (χ0v) is 13.8. The number of hydrogen-bond acceptors (Lipinski definition) is 3. The summed E-state index contributed by atoms with van der Waals surface area (Å²) in [5.74, 6) is 1.74. The number of aryl methyl sites for hydroxylation is 2. The summed E-state index contributed by atoms with van der Waals surface area (Å²) < 4.78 is 0. The Bertz CT molecular complexity index is 691. The number of phenols is 1. The second-order valence-electron chi connectivity index (χ2n) is 7.36. The average Bonchev–Trinajstić information content (AvgIpc) is 3.21. The van der Waals surface area contributed by atoms with Gasteiger partial charge in [-0.1, -0.05) is 13.8 Å². The van der Waals surface area contributed by atoms with Crippen LogP contribution in [0.2, 0.25) is 0 Å². The predicted molar refractivity (Wildman–Crippen MR) is 89.2 cm³/mol. The third-order valence-electron chi connectivity index (χ3n) is 6.34. The maximum Gasteiger partial charge on any atom is 0.170 e. The fourth-order valence-corrected chi connectivity index (χ4v) is 5.40. The Kier molecular flexibility index (Phi) is 3.29. The molecule has 4 rings (SSSR count). The van der Waals surface area contributed by atoms with Crippen LogP contribution < -0.4 is 0 Å². The van der Waals surface area contributed by atoms with Crippen LogP contribution in [0.1, 0.15) is 49.8 Å². The van der Waals surface area contributed by atoms with E-state index >= 15 is 0 Å². The van der Waals surface area contributed by atoms with Crippen molar-refractivity contribution in [3.8, 4) is 5.75 Å². The molecule has 1 aromatic carbocycles. The van der Waals surface area contributed by atoms with Crippen molar-refractivity contribution < 1.29 is 15.0 Å². The average molecular weight is 312 g/mol. The lowest BCUT2D eigenvalue weighted by atomic mass is 9.80. The van der Waals surface area contributed by atoms with Gasteiger partial charge in [-0.25, -0.2) is 0 Å². The second kappa shape index (κ2) is 5.12. The first kappa shape index (κ1) is 14.8. The highest BCUT2D eigenvalue weighted by Gasteiger charge is 2.57. The highest BCUT2D eigenvalue weighted by molar-refractivity contribution is 6.25. The van der Waals surface area contributed by atoms with Crippen LogP contribution in [0.4, 0.5) is 0 Å². The first-order chi connectivity index (χ1) is 11.1. The van der Waals surface area contributed by atoms with Gasteiger partial charge in [-0.3, -0.25) is 4.79 Å². The molecule has 2 N–H and O–H groups in total. The van der Waals surface area contributed by atoms with Crippen molar-refractivity contribution >= 4 is 11.4 Å². The summed E-state index contributed by atoms with van der Waals surface area (Å²) in [7, 11) is 0. The first-order valence-corrected chi connectivity index (χ1v) is 8.89. The molecule has 0 spiro atoms. The number of allylic oxidation sites excluding steroid dienone is 2. The summed E-state index contributed by atoms with van der Waals surface area (Å²) in [6.45, 7) is 4.05. The molecule has 0 radical (unpaired) electrons. The van der Waals surface area contributed by atoms with E-state index < -0.39 is 0 Å². The zero-order valence-electron chi connectivity index (χ0n) is 13.8. The number of phenolic OH excluding ortho intramolecular Hbond substituents is 1. The van der Waals surface area contributed by atoms with Gasteiger partial charge < -0.3 is 10.2 Å². The van der Waals surface area contributed by atoms with Crippen molar-refractivity contribution in [2.24, 2.45) is 23.7 Å². The van der Waals surface area contributed by atoms with Crippen LogP contribution in [0.25, 0.3) is 5.57 Å². The predicted octanol–water partition coefficient (Wildman–Crippen LogP) is 4.03. The molecule has 122 valence electrons. The Morgan fingerprint density at radius 2 is 1.57 bits per heavy atom. The van der Waals surface area contributed by atoms with Crippen LogP contribution >= 0.6 is 0 Å². The lowest BCUT2D eigenvalue weighted by Gasteiger charge is -2.23. The summed E-state index contributed by atoms with van der Waals surface area (Å²) in [5.41, 5.74) is 3.38. The first-order valence-electron chi connectivity index (χ1n) is 8.89. The number of carbonyl (C=O) groups excluding carboxylic acids is 1. The van der Waals surface area contributed by atoms with Crippen molar-refractivity contribution in [1.29, 1.82) is 0 Å². The number of Topliss-reactive ketones (excluding diaryl/α,β-unsaturated/α-hetero) is 1. The molecule has 3 aliphatic rings. The van der Waals surface area contributed by atoms with E-state index in [0.717, 1.165) is 48.8 Å². The lowest BCUT2D eigenvalue weighted by molar-refractivity contribution is -0.118. The minimum Gasteiger partial charge on any atom is -0.511 e. The molecular weight excluding hydrogens is 288 g/mol. The number of benzene rings is 1. The van der Waals surface area contributed by atoms with Gasteiger partial charge in [0.1, 0.15) is 11.5 Å². The van der Waals surface area contributed by atoms with Gasteiger partial charge in [-0.15, -0.1) is 0 Å². The zero-order chi connectivity index (χ0) is 16.3.